The van der Waals surface area contributed by atoms with Gasteiger partial charge >= 0.3 is 0 Å². The Labute approximate surface area is 179 Å². The first kappa shape index (κ1) is 17.6. The Balaban J connectivity index is 1.69. The molecule has 0 aromatic carbocycles. The van der Waals surface area contributed by atoms with E-state index in [1.807, 2.05) is 0 Å². The van der Waals surface area contributed by atoms with Crippen molar-refractivity contribution in [3.05, 3.63) is 42.3 Å². The predicted octanol–water partition coefficient (Wildman–Crippen LogP) is 5.19. The van der Waals surface area contributed by atoms with Crippen molar-refractivity contribution in [2.24, 2.45) is 5.92 Å². The van der Waals surface area contributed by atoms with Gasteiger partial charge in [0, 0.05) is 60.2 Å². The number of pyridine rings is 1. The first-order valence-corrected chi connectivity index (χ1v) is 10.0. The number of rotatable bonds is 6. The van der Waals surface area contributed by atoms with Crippen LogP contribution in [0.4, 0.5) is 13.2 Å². The molecule has 4 aromatic rings. The third-order valence-electron chi connectivity index (χ3n) is 5.63. The van der Waals surface area contributed by atoms with Gasteiger partial charge in [0.25, 0.3) is 0 Å². The molecule has 0 radical (unpaired) electrons. The van der Waals surface area contributed by atoms with Gasteiger partial charge in [-0.25, -0.2) is 13.2 Å². The van der Waals surface area contributed by atoms with Gasteiger partial charge in [0.1, 0.15) is 12.4 Å². The van der Waals surface area contributed by atoms with Crippen LogP contribution in [0.15, 0.2) is 35.4 Å². The first-order valence-electron chi connectivity index (χ1n) is 11.0. The zero-order valence-corrected chi connectivity index (χ0v) is 17.1. The topological polar surface area (TPSA) is 61.7 Å². The van der Waals surface area contributed by atoms with Crippen molar-refractivity contribution in [3.63, 3.8) is 0 Å². The number of aromatic nitrogens is 5. The van der Waals surface area contributed by atoms with E-state index < -0.39 is 37.9 Å². The SMILES string of the molecule is [2H]C([2H])(C1CC(F)(F)C1)n1cc(-c2cnn(CCF)c2)c2ncc(-c3c(C)noc3C)cc21. The first-order chi connectivity index (χ1) is 15.6. The summed E-state index contributed by atoms with van der Waals surface area (Å²) in [5, 5.41) is 8.12. The highest BCUT2D eigenvalue weighted by molar-refractivity contribution is 5.94. The van der Waals surface area contributed by atoms with Crippen molar-refractivity contribution < 1.29 is 20.4 Å². The van der Waals surface area contributed by atoms with Gasteiger partial charge in [-0.1, -0.05) is 5.16 Å². The molecule has 0 amide bonds. The van der Waals surface area contributed by atoms with E-state index >= 15 is 0 Å². The van der Waals surface area contributed by atoms with Crippen LogP contribution >= 0.6 is 0 Å². The van der Waals surface area contributed by atoms with Crippen molar-refractivity contribution in [3.8, 4) is 22.3 Å². The lowest BCUT2D eigenvalue weighted by molar-refractivity contribution is -0.113. The van der Waals surface area contributed by atoms with E-state index in [2.05, 4.69) is 15.2 Å². The maximum absolute atomic E-state index is 13.6. The van der Waals surface area contributed by atoms with E-state index in [4.69, 9.17) is 7.26 Å². The molecule has 4 heterocycles. The molecule has 0 atom stereocenters. The van der Waals surface area contributed by atoms with Crippen LogP contribution in [-0.4, -0.2) is 37.1 Å². The van der Waals surface area contributed by atoms with Gasteiger partial charge in [0.05, 0.1) is 32.2 Å². The summed E-state index contributed by atoms with van der Waals surface area (Å²) in [7, 11) is 0. The lowest BCUT2D eigenvalue weighted by Gasteiger charge is -2.35. The number of hydrogen-bond acceptors (Lipinski definition) is 4. The van der Waals surface area contributed by atoms with Crippen LogP contribution in [0.1, 0.15) is 27.0 Å². The lowest BCUT2D eigenvalue weighted by Crippen LogP contribution is -2.37. The number of nitrogens with zero attached hydrogens (tertiary/aromatic N) is 5. The number of alkyl halides is 3. The van der Waals surface area contributed by atoms with E-state index in [1.54, 1.807) is 44.7 Å². The van der Waals surface area contributed by atoms with E-state index in [0.717, 1.165) is 5.56 Å². The van der Waals surface area contributed by atoms with Gasteiger partial charge in [-0.15, -0.1) is 0 Å². The Morgan fingerprint density at radius 3 is 2.71 bits per heavy atom. The molecule has 0 spiro atoms. The maximum atomic E-state index is 13.6. The van der Waals surface area contributed by atoms with E-state index in [-0.39, 0.29) is 6.54 Å². The van der Waals surface area contributed by atoms with Gasteiger partial charge in [-0.3, -0.25) is 9.67 Å². The van der Waals surface area contributed by atoms with Crippen LogP contribution in [0.2, 0.25) is 0 Å². The molecule has 1 fully saturated rings. The fourth-order valence-corrected chi connectivity index (χ4v) is 4.11. The minimum Gasteiger partial charge on any atom is -0.361 e. The highest BCUT2D eigenvalue weighted by atomic mass is 19.3. The predicted molar refractivity (Wildman–Crippen MR) is 110 cm³/mol. The molecular formula is C22H22F3N5O. The highest BCUT2D eigenvalue weighted by Gasteiger charge is 2.45. The summed E-state index contributed by atoms with van der Waals surface area (Å²) in [6.07, 6.45) is 5.44. The normalized spacial score (nSPS) is 17.6. The smallest absolute Gasteiger partial charge is 0.248 e. The lowest BCUT2D eigenvalue weighted by atomic mass is 9.81. The minimum absolute atomic E-state index is 0.0975. The maximum Gasteiger partial charge on any atom is 0.248 e. The summed E-state index contributed by atoms with van der Waals surface area (Å²) in [4.78, 5) is 4.60. The molecule has 31 heavy (non-hydrogen) atoms. The molecule has 162 valence electrons. The zero-order valence-electron chi connectivity index (χ0n) is 19.1. The van der Waals surface area contributed by atoms with Crippen molar-refractivity contribution >= 4 is 11.0 Å². The molecule has 0 unspecified atom stereocenters. The van der Waals surface area contributed by atoms with E-state index in [1.165, 1.54) is 9.25 Å². The molecule has 1 aliphatic rings. The molecule has 0 N–H and O–H groups in total. The van der Waals surface area contributed by atoms with Gasteiger partial charge in [0.15, 0.2) is 0 Å². The average molecular weight is 431 g/mol. The van der Waals surface area contributed by atoms with Crippen LogP contribution in [0.5, 0.6) is 0 Å². The summed E-state index contributed by atoms with van der Waals surface area (Å²) < 4.78 is 65.5. The zero-order chi connectivity index (χ0) is 23.5. The highest BCUT2D eigenvalue weighted by Crippen LogP contribution is 2.44. The Kier molecular flexibility index (Phi) is 4.11. The molecule has 0 bridgehead atoms. The van der Waals surface area contributed by atoms with Crippen molar-refractivity contribution in [2.45, 2.75) is 45.7 Å². The minimum atomic E-state index is -2.85. The summed E-state index contributed by atoms with van der Waals surface area (Å²) >= 11 is 0. The van der Waals surface area contributed by atoms with Crippen molar-refractivity contribution in [1.82, 2.24) is 24.5 Å². The van der Waals surface area contributed by atoms with Crippen LogP contribution in [-0.2, 0) is 13.0 Å². The standard InChI is InChI=1S/C22H22F3N5O/c1-13-20(14(2)31-28-13)16-5-19-21(26-8-16)18(17-9-27-30(11-17)4-3-23)12-29(19)10-15-6-22(24,25)7-15/h5,8-9,11-12,15H,3-4,6-7,10H2,1-2H3/i10D2. The molecular weight excluding hydrogens is 407 g/mol. The fraction of sp³-hybridized carbons (Fsp3) is 0.409. The fourth-order valence-electron chi connectivity index (χ4n) is 4.11. The second kappa shape index (κ2) is 7.25. The molecule has 1 aliphatic carbocycles. The second-order valence-corrected chi connectivity index (χ2v) is 7.97. The Morgan fingerprint density at radius 2 is 2.03 bits per heavy atom. The molecule has 6 nitrogen and oxygen atoms in total. The summed E-state index contributed by atoms with van der Waals surface area (Å²) in [6, 6.07) is 1.78. The average Bonchev–Trinajstić information content (AvgIpc) is 3.43. The van der Waals surface area contributed by atoms with Crippen LogP contribution in [0, 0.1) is 19.8 Å². The second-order valence-electron chi connectivity index (χ2n) is 7.97. The Hall–Kier alpha value is -3.10. The molecule has 5 rings (SSSR count). The van der Waals surface area contributed by atoms with Crippen molar-refractivity contribution in [2.75, 3.05) is 6.67 Å². The Morgan fingerprint density at radius 1 is 1.23 bits per heavy atom. The number of hydrogen-bond donors (Lipinski definition) is 0. The Bertz CT molecular complexity index is 1320. The largest absolute Gasteiger partial charge is 0.361 e. The van der Waals surface area contributed by atoms with Crippen molar-refractivity contribution in [1.29, 1.82) is 0 Å². The van der Waals surface area contributed by atoms with Crippen LogP contribution < -0.4 is 0 Å². The number of halogens is 3. The molecule has 0 saturated heterocycles. The summed E-state index contributed by atoms with van der Waals surface area (Å²) in [5.74, 6) is -3.09. The molecule has 0 aliphatic heterocycles. The number of fused-ring (bicyclic) bond motifs is 1. The molecule has 1 saturated carbocycles. The molecule has 4 aromatic heterocycles. The summed E-state index contributed by atoms with van der Waals surface area (Å²) in [5.41, 5.74) is 4.30. The molecule has 9 heteroatoms. The quantitative estimate of drug-likeness (QED) is 0.422. The van der Waals surface area contributed by atoms with Crippen LogP contribution in [0.25, 0.3) is 33.3 Å². The third-order valence-corrected chi connectivity index (χ3v) is 5.63. The van der Waals surface area contributed by atoms with E-state index in [0.29, 0.717) is 39.2 Å². The monoisotopic (exact) mass is 431 g/mol. The third kappa shape index (κ3) is 3.51. The number of aryl methyl sites for hydroxylation is 3. The van der Waals surface area contributed by atoms with Gasteiger partial charge in [0.2, 0.25) is 5.92 Å². The summed E-state index contributed by atoms with van der Waals surface area (Å²) in [6.45, 7) is 1.04. The van der Waals surface area contributed by atoms with Gasteiger partial charge < -0.3 is 9.09 Å². The van der Waals surface area contributed by atoms with Gasteiger partial charge in [-0.05, 0) is 25.8 Å². The van der Waals surface area contributed by atoms with Crippen LogP contribution in [0.3, 0.4) is 0 Å². The van der Waals surface area contributed by atoms with Gasteiger partial charge in [-0.2, -0.15) is 5.10 Å². The van der Waals surface area contributed by atoms with E-state index in [9.17, 15) is 13.2 Å².